The van der Waals surface area contributed by atoms with E-state index >= 15 is 0 Å². The number of nitrogens with zero attached hydrogens (tertiary/aromatic N) is 1. The largest absolute Gasteiger partial charge is 0.384 e. The van der Waals surface area contributed by atoms with Gasteiger partial charge < -0.3 is 5.73 Å². The van der Waals surface area contributed by atoms with E-state index < -0.39 is 0 Å². The molecular weight excluding hydrogens is 148 g/mol. The molecule has 1 aliphatic rings. The zero-order valence-electron chi connectivity index (χ0n) is 7.96. The third kappa shape index (κ3) is 1.97. The maximum atomic E-state index is 5.67. The van der Waals surface area contributed by atoms with Gasteiger partial charge in [0.2, 0.25) is 0 Å². The van der Waals surface area contributed by atoms with Crippen molar-refractivity contribution in [3.63, 3.8) is 0 Å². The molecule has 1 atom stereocenters. The minimum Gasteiger partial charge on any atom is -0.384 e. The molecule has 2 N–H and O–H groups in total. The van der Waals surface area contributed by atoms with Gasteiger partial charge in [-0.05, 0) is 32.3 Å². The van der Waals surface area contributed by atoms with Crippen LogP contribution in [0.15, 0.2) is 28.4 Å². The van der Waals surface area contributed by atoms with Gasteiger partial charge in [0.1, 0.15) is 5.84 Å². The number of allylic oxidation sites excluding steroid dienone is 3. The van der Waals surface area contributed by atoms with E-state index in [1.165, 1.54) is 5.57 Å². The summed E-state index contributed by atoms with van der Waals surface area (Å²) in [5.74, 6) is 1.13. The second kappa shape index (κ2) is 3.57. The van der Waals surface area contributed by atoms with Gasteiger partial charge in [-0.15, -0.1) is 0 Å². The van der Waals surface area contributed by atoms with Gasteiger partial charge in [0.05, 0.1) is 0 Å². The van der Waals surface area contributed by atoms with Crippen LogP contribution < -0.4 is 5.73 Å². The Labute approximate surface area is 73.9 Å². The van der Waals surface area contributed by atoms with Crippen molar-refractivity contribution in [2.45, 2.75) is 27.2 Å². The van der Waals surface area contributed by atoms with Crippen LogP contribution >= 0.6 is 0 Å². The van der Waals surface area contributed by atoms with Crippen LogP contribution in [-0.2, 0) is 0 Å². The standard InChI is InChI=1S/C10H16N2/c1-4-9-6-8(3)12-10(11)5-7(9)2/h5-6,9H,4H2,1-3H3,(H2,11,12). The summed E-state index contributed by atoms with van der Waals surface area (Å²) in [6.45, 7) is 6.26. The SMILES string of the molecule is CCC1C=C(C)N=C(N)C=C1C. The van der Waals surface area contributed by atoms with Crippen molar-refractivity contribution < 1.29 is 0 Å². The molecule has 0 fully saturated rings. The van der Waals surface area contributed by atoms with Crippen molar-refractivity contribution in [2.75, 3.05) is 0 Å². The van der Waals surface area contributed by atoms with Crippen LogP contribution in [0.1, 0.15) is 27.2 Å². The van der Waals surface area contributed by atoms with Crippen LogP contribution in [0.4, 0.5) is 0 Å². The predicted molar refractivity (Wildman–Crippen MR) is 52.9 cm³/mol. The number of hydrogen-bond acceptors (Lipinski definition) is 2. The predicted octanol–water partition coefficient (Wildman–Crippen LogP) is 2.23. The fourth-order valence-electron chi connectivity index (χ4n) is 1.48. The van der Waals surface area contributed by atoms with Gasteiger partial charge >= 0.3 is 0 Å². The van der Waals surface area contributed by atoms with E-state index in [-0.39, 0.29) is 0 Å². The van der Waals surface area contributed by atoms with Gasteiger partial charge in [-0.3, -0.25) is 0 Å². The highest BCUT2D eigenvalue weighted by Crippen LogP contribution is 2.20. The van der Waals surface area contributed by atoms with Crippen molar-refractivity contribution in [1.82, 2.24) is 0 Å². The molecule has 1 heterocycles. The molecule has 0 aliphatic carbocycles. The number of aliphatic imine (C=N–C) groups is 1. The maximum absolute atomic E-state index is 5.67. The molecule has 1 rings (SSSR count). The summed E-state index contributed by atoms with van der Waals surface area (Å²) in [6.07, 6.45) is 5.25. The highest BCUT2D eigenvalue weighted by molar-refractivity contribution is 5.93. The molecule has 1 unspecified atom stereocenters. The van der Waals surface area contributed by atoms with E-state index in [1.807, 2.05) is 13.0 Å². The number of amidine groups is 1. The normalized spacial score (nSPS) is 23.9. The first-order valence-corrected chi connectivity index (χ1v) is 4.34. The lowest BCUT2D eigenvalue weighted by atomic mass is 9.97. The maximum Gasteiger partial charge on any atom is 0.123 e. The molecule has 0 saturated carbocycles. The van der Waals surface area contributed by atoms with E-state index in [1.54, 1.807) is 0 Å². The minimum absolute atomic E-state index is 0.509. The molecule has 2 heteroatoms. The Kier molecular flexibility index (Phi) is 2.69. The van der Waals surface area contributed by atoms with Crippen molar-refractivity contribution in [2.24, 2.45) is 16.6 Å². The molecule has 2 nitrogen and oxygen atoms in total. The average Bonchev–Trinajstić information content (AvgIpc) is 2.09. The lowest BCUT2D eigenvalue weighted by Crippen LogP contribution is -2.08. The summed E-state index contributed by atoms with van der Waals surface area (Å²) in [5, 5.41) is 0. The third-order valence-corrected chi connectivity index (χ3v) is 2.15. The molecule has 0 spiro atoms. The quantitative estimate of drug-likeness (QED) is 0.634. The van der Waals surface area contributed by atoms with Crippen LogP contribution in [-0.4, -0.2) is 5.84 Å². The second-order valence-corrected chi connectivity index (χ2v) is 3.25. The summed E-state index contributed by atoms with van der Waals surface area (Å²) >= 11 is 0. The highest BCUT2D eigenvalue weighted by Gasteiger charge is 2.08. The molecular formula is C10H16N2. The summed E-state index contributed by atoms with van der Waals surface area (Å²) in [4.78, 5) is 4.20. The summed E-state index contributed by atoms with van der Waals surface area (Å²) in [7, 11) is 0. The summed E-state index contributed by atoms with van der Waals surface area (Å²) < 4.78 is 0. The van der Waals surface area contributed by atoms with E-state index in [0.29, 0.717) is 11.8 Å². The molecule has 0 radical (unpaired) electrons. The first-order chi connectivity index (χ1) is 5.63. The highest BCUT2D eigenvalue weighted by atomic mass is 14.9. The Morgan fingerprint density at radius 1 is 1.50 bits per heavy atom. The zero-order chi connectivity index (χ0) is 9.14. The number of hydrogen-bond donors (Lipinski definition) is 1. The smallest absolute Gasteiger partial charge is 0.123 e. The zero-order valence-corrected chi connectivity index (χ0v) is 7.96. The number of nitrogens with two attached hydrogens (primary N) is 1. The fraction of sp³-hybridized carbons (Fsp3) is 0.500. The second-order valence-electron chi connectivity index (χ2n) is 3.25. The van der Waals surface area contributed by atoms with Crippen molar-refractivity contribution in [3.8, 4) is 0 Å². The molecule has 12 heavy (non-hydrogen) atoms. The molecule has 0 saturated heterocycles. The molecule has 0 aromatic carbocycles. The van der Waals surface area contributed by atoms with Gasteiger partial charge in [-0.2, -0.15) is 0 Å². The molecule has 0 aromatic heterocycles. The average molecular weight is 164 g/mol. The van der Waals surface area contributed by atoms with Gasteiger partial charge in [-0.1, -0.05) is 18.6 Å². The Hall–Kier alpha value is -1.05. The molecule has 0 amide bonds. The van der Waals surface area contributed by atoms with Crippen LogP contribution in [0.3, 0.4) is 0 Å². The fourth-order valence-corrected chi connectivity index (χ4v) is 1.48. The monoisotopic (exact) mass is 164 g/mol. The van der Waals surface area contributed by atoms with Gasteiger partial charge in [0.25, 0.3) is 0 Å². The first kappa shape index (κ1) is 9.04. The van der Waals surface area contributed by atoms with Crippen molar-refractivity contribution in [1.29, 1.82) is 0 Å². The Bertz CT molecular complexity index is 259. The first-order valence-electron chi connectivity index (χ1n) is 4.34. The third-order valence-electron chi connectivity index (χ3n) is 2.15. The van der Waals surface area contributed by atoms with Crippen LogP contribution in [0.25, 0.3) is 0 Å². The lowest BCUT2D eigenvalue weighted by Gasteiger charge is -2.08. The minimum atomic E-state index is 0.509. The van der Waals surface area contributed by atoms with Crippen molar-refractivity contribution in [3.05, 3.63) is 23.4 Å². The Morgan fingerprint density at radius 3 is 2.75 bits per heavy atom. The van der Waals surface area contributed by atoms with Crippen LogP contribution in [0.5, 0.6) is 0 Å². The van der Waals surface area contributed by atoms with Gasteiger partial charge in [0, 0.05) is 5.70 Å². The van der Waals surface area contributed by atoms with E-state index in [4.69, 9.17) is 5.73 Å². The van der Waals surface area contributed by atoms with Crippen LogP contribution in [0.2, 0.25) is 0 Å². The van der Waals surface area contributed by atoms with Gasteiger partial charge in [0.15, 0.2) is 0 Å². The van der Waals surface area contributed by atoms with E-state index in [0.717, 1.165) is 12.1 Å². The van der Waals surface area contributed by atoms with E-state index in [9.17, 15) is 0 Å². The Balaban J connectivity index is 2.98. The Morgan fingerprint density at radius 2 is 2.17 bits per heavy atom. The number of rotatable bonds is 1. The molecule has 0 aromatic rings. The molecule has 0 bridgehead atoms. The lowest BCUT2D eigenvalue weighted by molar-refractivity contribution is 0.723. The van der Waals surface area contributed by atoms with E-state index in [2.05, 4.69) is 24.9 Å². The topological polar surface area (TPSA) is 38.4 Å². The summed E-state index contributed by atoms with van der Waals surface area (Å²) in [6, 6.07) is 0. The molecule has 66 valence electrons. The van der Waals surface area contributed by atoms with Crippen molar-refractivity contribution >= 4 is 5.84 Å². The van der Waals surface area contributed by atoms with Gasteiger partial charge in [-0.25, -0.2) is 4.99 Å². The molecule has 1 aliphatic heterocycles. The summed E-state index contributed by atoms with van der Waals surface area (Å²) in [5.41, 5.74) is 7.99. The van der Waals surface area contributed by atoms with Crippen LogP contribution in [0, 0.1) is 5.92 Å².